The van der Waals surface area contributed by atoms with Gasteiger partial charge in [0.05, 0.1) is 34.9 Å². The maximum atomic E-state index is 13.6. The lowest BCUT2D eigenvalue weighted by molar-refractivity contribution is 0.195. The van der Waals surface area contributed by atoms with E-state index in [2.05, 4.69) is 21.5 Å². The Morgan fingerprint density at radius 3 is 2.81 bits per heavy atom. The molecule has 1 aliphatic rings. The number of aromatic nitrogens is 3. The van der Waals surface area contributed by atoms with Gasteiger partial charge in [-0.15, -0.1) is 0 Å². The number of H-pyrrole nitrogens is 1. The van der Waals surface area contributed by atoms with E-state index in [1.165, 1.54) is 0 Å². The monoisotopic (exact) mass is 420 g/mol. The predicted molar refractivity (Wildman–Crippen MR) is 114 cm³/mol. The van der Waals surface area contributed by atoms with Gasteiger partial charge in [-0.3, -0.25) is 0 Å². The summed E-state index contributed by atoms with van der Waals surface area (Å²) in [7, 11) is 0. The Bertz CT molecular complexity index is 1250. The number of hydrogen-bond acceptors (Lipinski definition) is 5. The molecule has 5 rings (SSSR count). The van der Waals surface area contributed by atoms with Crippen LogP contribution >= 0.6 is 0 Å². The van der Waals surface area contributed by atoms with Gasteiger partial charge in [0, 0.05) is 18.3 Å². The molecule has 0 aliphatic carbocycles. The van der Waals surface area contributed by atoms with Gasteiger partial charge in [-0.2, -0.15) is 0 Å². The molecule has 0 amide bonds. The average Bonchev–Trinajstić information content (AvgIpc) is 3.20. The summed E-state index contributed by atoms with van der Waals surface area (Å²) in [5.74, 6) is -0.279. The van der Waals surface area contributed by atoms with E-state index < -0.39 is 11.6 Å². The van der Waals surface area contributed by atoms with Gasteiger partial charge in [0.1, 0.15) is 18.2 Å². The van der Waals surface area contributed by atoms with Crippen molar-refractivity contribution in [2.45, 2.75) is 6.04 Å². The summed E-state index contributed by atoms with van der Waals surface area (Å²) in [4.78, 5) is 13.9. The molecule has 0 bridgehead atoms. The SMILES string of the molecule is C=Cc1ccc(N2c3cccc(-c4nc5cc(F)c(F)cc5[nH]4)c3OCC2CO)nc1. The van der Waals surface area contributed by atoms with E-state index in [1.54, 1.807) is 12.3 Å². The molecule has 2 N–H and O–H groups in total. The number of fused-ring (bicyclic) bond motifs is 2. The number of nitrogens with one attached hydrogen (secondary N) is 1. The first kappa shape index (κ1) is 19.2. The summed E-state index contributed by atoms with van der Waals surface area (Å²) in [5, 5.41) is 9.93. The smallest absolute Gasteiger partial charge is 0.161 e. The maximum absolute atomic E-state index is 13.6. The molecule has 0 spiro atoms. The van der Waals surface area contributed by atoms with Crippen molar-refractivity contribution in [3.05, 3.63) is 72.4 Å². The van der Waals surface area contributed by atoms with E-state index in [-0.39, 0.29) is 19.3 Å². The van der Waals surface area contributed by atoms with Crippen LogP contribution in [0.1, 0.15) is 5.56 Å². The lowest BCUT2D eigenvalue weighted by atomic mass is 10.1. The molecule has 0 saturated carbocycles. The lowest BCUT2D eigenvalue weighted by Crippen LogP contribution is -2.43. The number of benzene rings is 2. The van der Waals surface area contributed by atoms with E-state index in [0.717, 1.165) is 17.7 Å². The third kappa shape index (κ3) is 3.21. The number of halogens is 2. The van der Waals surface area contributed by atoms with Crippen molar-refractivity contribution in [1.29, 1.82) is 0 Å². The number of aromatic amines is 1. The molecule has 0 saturated heterocycles. The van der Waals surface area contributed by atoms with Crippen molar-refractivity contribution in [3.63, 3.8) is 0 Å². The summed E-state index contributed by atoms with van der Waals surface area (Å²) < 4.78 is 33.2. The first-order chi connectivity index (χ1) is 15.1. The fourth-order valence-electron chi connectivity index (χ4n) is 3.74. The zero-order valence-electron chi connectivity index (χ0n) is 16.3. The minimum absolute atomic E-state index is 0.127. The molecule has 0 radical (unpaired) electrons. The van der Waals surface area contributed by atoms with Crippen LogP contribution in [-0.2, 0) is 0 Å². The molecule has 6 nitrogen and oxygen atoms in total. The second-order valence-electron chi connectivity index (χ2n) is 7.19. The Morgan fingerprint density at radius 1 is 1.23 bits per heavy atom. The van der Waals surface area contributed by atoms with Gasteiger partial charge in [0.25, 0.3) is 0 Å². The minimum atomic E-state index is -0.956. The fourth-order valence-corrected chi connectivity index (χ4v) is 3.74. The number of hydrogen-bond donors (Lipinski definition) is 2. The van der Waals surface area contributed by atoms with Crippen LogP contribution in [-0.4, -0.2) is 39.3 Å². The number of aliphatic hydroxyl groups is 1. The number of pyridine rings is 1. The van der Waals surface area contributed by atoms with Crippen LogP contribution in [0.25, 0.3) is 28.5 Å². The molecule has 2 aromatic carbocycles. The van der Waals surface area contributed by atoms with Gasteiger partial charge >= 0.3 is 0 Å². The quantitative estimate of drug-likeness (QED) is 0.511. The Kier molecular flexibility index (Phi) is 4.63. The zero-order chi connectivity index (χ0) is 21.5. The first-order valence-corrected chi connectivity index (χ1v) is 9.68. The minimum Gasteiger partial charge on any atom is -0.488 e. The second kappa shape index (κ2) is 7.48. The summed E-state index contributed by atoms with van der Waals surface area (Å²) in [6.45, 7) is 3.85. The third-order valence-corrected chi connectivity index (χ3v) is 5.28. The number of para-hydroxylation sites is 1. The molecular weight excluding hydrogens is 402 g/mol. The normalized spacial score (nSPS) is 15.6. The van der Waals surface area contributed by atoms with E-state index in [4.69, 9.17) is 4.74 Å². The first-order valence-electron chi connectivity index (χ1n) is 9.68. The summed E-state index contributed by atoms with van der Waals surface area (Å²) >= 11 is 0. The fraction of sp³-hybridized carbons (Fsp3) is 0.130. The Morgan fingerprint density at radius 2 is 2.06 bits per heavy atom. The van der Waals surface area contributed by atoms with Gasteiger partial charge in [0.2, 0.25) is 0 Å². The van der Waals surface area contributed by atoms with Crippen molar-refractivity contribution in [3.8, 4) is 17.1 Å². The number of rotatable bonds is 4. The molecule has 1 aliphatic heterocycles. The highest BCUT2D eigenvalue weighted by Gasteiger charge is 2.31. The van der Waals surface area contributed by atoms with Crippen molar-refractivity contribution in [2.75, 3.05) is 18.1 Å². The summed E-state index contributed by atoms with van der Waals surface area (Å²) in [6, 6.07) is 11.1. The van der Waals surface area contributed by atoms with Gasteiger partial charge in [-0.1, -0.05) is 18.7 Å². The molecular formula is C23H18F2N4O2. The molecule has 2 aromatic heterocycles. The molecule has 156 valence electrons. The van der Waals surface area contributed by atoms with Gasteiger partial charge in [-0.25, -0.2) is 18.7 Å². The Balaban J connectivity index is 1.64. The van der Waals surface area contributed by atoms with Crippen molar-refractivity contribution in [1.82, 2.24) is 15.0 Å². The number of nitrogens with zero attached hydrogens (tertiary/aromatic N) is 3. The Labute approximate surface area is 176 Å². The number of ether oxygens (including phenoxy) is 1. The number of anilines is 2. The van der Waals surface area contributed by atoms with E-state index in [0.29, 0.717) is 39.7 Å². The zero-order valence-corrected chi connectivity index (χ0v) is 16.3. The number of aliphatic hydroxyl groups excluding tert-OH is 1. The van der Waals surface area contributed by atoms with Crippen LogP contribution in [0, 0.1) is 11.6 Å². The van der Waals surface area contributed by atoms with Gasteiger partial charge in [0.15, 0.2) is 17.4 Å². The second-order valence-corrected chi connectivity index (χ2v) is 7.19. The van der Waals surface area contributed by atoms with Crippen LogP contribution in [0.3, 0.4) is 0 Å². The summed E-state index contributed by atoms with van der Waals surface area (Å²) in [5.41, 5.74) is 2.93. The number of imidazole rings is 1. The molecule has 0 fully saturated rings. The van der Waals surface area contributed by atoms with Crippen molar-refractivity contribution < 1.29 is 18.6 Å². The largest absolute Gasteiger partial charge is 0.488 e. The van der Waals surface area contributed by atoms with Crippen LogP contribution in [0.5, 0.6) is 5.75 Å². The summed E-state index contributed by atoms with van der Waals surface area (Å²) in [6.07, 6.45) is 3.41. The highest BCUT2D eigenvalue weighted by molar-refractivity contribution is 5.85. The third-order valence-electron chi connectivity index (χ3n) is 5.28. The van der Waals surface area contributed by atoms with Gasteiger partial charge < -0.3 is 19.7 Å². The predicted octanol–water partition coefficient (Wildman–Crippen LogP) is 4.44. The van der Waals surface area contributed by atoms with Crippen LogP contribution in [0.2, 0.25) is 0 Å². The Hall–Kier alpha value is -3.78. The van der Waals surface area contributed by atoms with Crippen LogP contribution < -0.4 is 9.64 Å². The molecule has 1 atom stereocenters. The highest BCUT2D eigenvalue weighted by atomic mass is 19.2. The van der Waals surface area contributed by atoms with Crippen LogP contribution in [0.4, 0.5) is 20.3 Å². The van der Waals surface area contributed by atoms with E-state index in [9.17, 15) is 13.9 Å². The van der Waals surface area contributed by atoms with E-state index in [1.807, 2.05) is 35.2 Å². The van der Waals surface area contributed by atoms with Crippen molar-refractivity contribution in [2.24, 2.45) is 0 Å². The standard InChI is InChI=1S/C23H18F2N4O2/c1-2-13-6-7-21(26-10-13)29-14(11-30)12-31-22-15(4-3-5-20(22)29)23-27-18-8-16(24)17(25)9-19(18)28-23/h2-10,14,30H,1,11-12H2,(H,27,28). The van der Waals surface area contributed by atoms with Gasteiger partial charge in [-0.05, 0) is 29.8 Å². The lowest BCUT2D eigenvalue weighted by Gasteiger charge is -2.37. The topological polar surface area (TPSA) is 74.3 Å². The maximum Gasteiger partial charge on any atom is 0.161 e. The van der Waals surface area contributed by atoms with E-state index >= 15 is 0 Å². The molecule has 4 aromatic rings. The molecule has 3 heterocycles. The average molecular weight is 420 g/mol. The molecule has 31 heavy (non-hydrogen) atoms. The highest BCUT2D eigenvalue weighted by Crippen LogP contribution is 2.44. The molecule has 8 heteroatoms. The van der Waals surface area contributed by atoms with Crippen LogP contribution in [0.15, 0.2) is 55.2 Å². The van der Waals surface area contributed by atoms with Crippen molar-refractivity contribution >= 4 is 28.6 Å². The molecule has 1 unspecified atom stereocenters.